The number of rotatable bonds is 2. The quantitative estimate of drug-likeness (QED) is 0.804. The molecule has 2 N–H and O–H groups in total. The second-order valence-electron chi connectivity index (χ2n) is 4.43. The van der Waals surface area contributed by atoms with Gasteiger partial charge in [0.2, 0.25) is 0 Å². The lowest BCUT2D eigenvalue weighted by molar-refractivity contribution is -0.00523. The number of aromatic nitrogens is 1. The third-order valence-electron chi connectivity index (χ3n) is 2.79. The van der Waals surface area contributed by atoms with Gasteiger partial charge in [-0.3, -0.25) is 4.98 Å². The molecule has 0 aromatic carbocycles. The van der Waals surface area contributed by atoms with E-state index in [0.717, 1.165) is 18.8 Å². The number of hydrogen-bond donors (Lipinski definition) is 1. The maximum atomic E-state index is 5.70. The van der Waals surface area contributed by atoms with Crippen molar-refractivity contribution in [3.8, 4) is 0 Å². The van der Waals surface area contributed by atoms with Gasteiger partial charge >= 0.3 is 0 Å². The molecule has 1 aromatic heterocycles. The fraction of sp³-hybridized carbons (Fsp3) is 0.500. The molecule has 4 nitrogen and oxygen atoms in total. The lowest BCUT2D eigenvalue weighted by Crippen LogP contribution is -2.45. The summed E-state index contributed by atoms with van der Waals surface area (Å²) in [6, 6.07) is 3.87. The van der Waals surface area contributed by atoms with E-state index < -0.39 is 0 Å². The van der Waals surface area contributed by atoms with Crippen LogP contribution >= 0.6 is 12.2 Å². The van der Waals surface area contributed by atoms with Crippen LogP contribution in [0.1, 0.15) is 19.5 Å². The maximum absolute atomic E-state index is 5.70. The summed E-state index contributed by atoms with van der Waals surface area (Å²) in [4.78, 5) is 6.86. The molecule has 2 atom stereocenters. The van der Waals surface area contributed by atoms with Gasteiger partial charge < -0.3 is 15.4 Å². The zero-order valence-corrected chi connectivity index (χ0v) is 10.9. The summed E-state index contributed by atoms with van der Waals surface area (Å²) in [5, 5.41) is 0. The van der Waals surface area contributed by atoms with Crippen LogP contribution in [-0.4, -0.2) is 35.3 Å². The minimum absolute atomic E-state index is 0.244. The number of anilines is 1. The molecule has 0 unspecified atom stereocenters. The van der Waals surface area contributed by atoms with Crippen LogP contribution in [0.4, 0.5) is 5.69 Å². The Balaban J connectivity index is 2.14. The molecule has 0 amide bonds. The van der Waals surface area contributed by atoms with E-state index in [1.54, 1.807) is 0 Å². The molecule has 2 heterocycles. The molecule has 0 bridgehead atoms. The SMILES string of the molecule is C[C@@H]1CN(c2ccc(C(N)=S)nc2)C[C@H](C)O1. The molecular weight excluding hydrogens is 234 g/mol. The number of pyridine rings is 1. The summed E-state index contributed by atoms with van der Waals surface area (Å²) in [5.74, 6) is 0. The zero-order valence-electron chi connectivity index (χ0n) is 10.1. The average molecular weight is 251 g/mol. The number of ether oxygens (including phenoxy) is 1. The Morgan fingerprint density at radius 2 is 2.06 bits per heavy atom. The Morgan fingerprint density at radius 1 is 1.41 bits per heavy atom. The highest BCUT2D eigenvalue weighted by molar-refractivity contribution is 7.80. The Kier molecular flexibility index (Phi) is 3.59. The normalized spacial score (nSPS) is 24.7. The predicted molar refractivity (Wildman–Crippen MR) is 72.3 cm³/mol. The summed E-state index contributed by atoms with van der Waals surface area (Å²) in [6.45, 7) is 5.94. The molecule has 1 saturated heterocycles. The first-order valence-electron chi connectivity index (χ1n) is 5.72. The summed E-state index contributed by atoms with van der Waals surface area (Å²) >= 11 is 4.88. The largest absolute Gasteiger partial charge is 0.388 e. The molecule has 0 saturated carbocycles. The van der Waals surface area contributed by atoms with Gasteiger partial charge in [0.05, 0.1) is 29.8 Å². The van der Waals surface area contributed by atoms with Crippen molar-refractivity contribution >= 4 is 22.9 Å². The standard InChI is InChI=1S/C12H17N3OS/c1-8-6-15(7-9(2)16-8)10-3-4-11(12(13)17)14-5-10/h3-5,8-9H,6-7H2,1-2H3,(H2,13,17)/t8-,9+. The van der Waals surface area contributed by atoms with Crippen molar-refractivity contribution in [2.75, 3.05) is 18.0 Å². The maximum Gasteiger partial charge on any atom is 0.122 e. The van der Waals surface area contributed by atoms with Gasteiger partial charge in [-0.25, -0.2) is 0 Å². The Bertz CT molecular complexity index is 397. The van der Waals surface area contributed by atoms with Gasteiger partial charge in [0.15, 0.2) is 0 Å². The van der Waals surface area contributed by atoms with Crippen LogP contribution in [-0.2, 0) is 4.74 Å². The second-order valence-corrected chi connectivity index (χ2v) is 4.87. The Morgan fingerprint density at radius 3 is 2.53 bits per heavy atom. The molecule has 2 rings (SSSR count). The smallest absolute Gasteiger partial charge is 0.122 e. The number of nitrogens with two attached hydrogens (primary N) is 1. The van der Waals surface area contributed by atoms with Crippen molar-refractivity contribution in [1.29, 1.82) is 0 Å². The van der Waals surface area contributed by atoms with Gasteiger partial charge in [0.1, 0.15) is 4.99 Å². The first-order valence-corrected chi connectivity index (χ1v) is 6.13. The van der Waals surface area contributed by atoms with Gasteiger partial charge in [0.25, 0.3) is 0 Å². The molecule has 0 aliphatic carbocycles. The lowest BCUT2D eigenvalue weighted by Gasteiger charge is -2.36. The molecule has 1 aliphatic rings. The third kappa shape index (κ3) is 2.92. The fourth-order valence-corrected chi connectivity index (χ4v) is 2.23. The Hall–Kier alpha value is -1.20. The van der Waals surface area contributed by atoms with Crippen molar-refractivity contribution in [3.63, 3.8) is 0 Å². The van der Waals surface area contributed by atoms with Crippen LogP contribution in [0.15, 0.2) is 18.3 Å². The first-order chi connectivity index (χ1) is 8.06. The lowest BCUT2D eigenvalue weighted by atomic mass is 10.2. The molecule has 0 spiro atoms. The van der Waals surface area contributed by atoms with Crippen LogP contribution in [0.5, 0.6) is 0 Å². The van der Waals surface area contributed by atoms with Crippen LogP contribution in [0.25, 0.3) is 0 Å². The summed E-state index contributed by atoms with van der Waals surface area (Å²) in [6.07, 6.45) is 2.31. The molecule has 0 radical (unpaired) electrons. The number of hydrogen-bond acceptors (Lipinski definition) is 4. The average Bonchev–Trinajstić information content (AvgIpc) is 2.28. The van der Waals surface area contributed by atoms with Crippen molar-refractivity contribution < 1.29 is 4.74 Å². The van der Waals surface area contributed by atoms with Crippen molar-refractivity contribution in [3.05, 3.63) is 24.0 Å². The molecule has 17 heavy (non-hydrogen) atoms. The predicted octanol–water partition coefficient (Wildman–Crippen LogP) is 1.33. The zero-order chi connectivity index (χ0) is 12.4. The summed E-state index contributed by atoms with van der Waals surface area (Å²) < 4.78 is 5.70. The highest BCUT2D eigenvalue weighted by Crippen LogP contribution is 2.19. The number of nitrogens with zero attached hydrogens (tertiary/aromatic N) is 2. The highest BCUT2D eigenvalue weighted by Gasteiger charge is 2.22. The van der Waals surface area contributed by atoms with Crippen molar-refractivity contribution in [2.45, 2.75) is 26.1 Å². The topological polar surface area (TPSA) is 51.4 Å². The first kappa shape index (κ1) is 12.3. The van der Waals surface area contributed by atoms with Gasteiger partial charge in [-0.15, -0.1) is 0 Å². The van der Waals surface area contributed by atoms with Crippen LogP contribution in [0, 0.1) is 0 Å². The fourth-order valence-electron chi connectivity index (χ4n) is 2.11. The number of morpholine rings is 1. The number of thiocarbonyl (C=S) groups is 1. The van der Waals surface area contributed by atoms with Gasteiger partial charge in [-0.05, 0) is 26.0 Å². The van der Waals surface area contributed by atoms with E-state index in [9.17, 15) is 0 Å². The van der Waals surface area contributed by atoms with E-state index in [1.807, 2.05) is 18.3 Å². The minimum atomic E-state index is 0.244. The van der Waals surface area contributed by atoms with Crippen LogP contribution < -0.4 is 10.6 Å². The summed E-state index contributed by atoms with van der Waals surface area (Å²) in [5.41, 5.74) is 7.28. The van der Waals surface area contributed by atoms with Crippen LogP contribution in [0.2, 0.25) is 0 Å². The molecule has 5 heteroatoms. The van der Waals surface area contributed by atoms with Gasteiger partial charge in [-0.1, -0.05) is 12.2 Å². The summed E-state index contributed by atoms with van der Waals surface area (Å²) in [7, 11) is 0. The van der Waals surface area contributed by atoms with E-state index in [2.05, 4.69) is 23.7 Å². The van der Waals surface area contributed by atoms with Crippen LogP contribution in [0.3, 0.4) is 0 Å². The molecule has 92 valence electrons. The van der Waals surface area contributed by atoms with Gasteiger partial charge in [0, 0.05) is 13.1 Å². The third-order valence-corrected chi connectivity index (χ3v) is 2.99. The van der Waals surface area contributed by atoms with Crippen molar-refractivity contribution in [2.24, 2.45) is 5.73 Å². The van der Waals surface area contributed by atoms with Gasteiger partial charge in [-0.2, -0.15) is 0 Å². The molecule has 1 aliphatic heterocycles. The molecular formula is C12H17N3OS. The van der Waals surface area contributed by atoms with E-state index in [4.69, 9.17) is 22.7 Å². The monoisotopic (exact) mass is 251 g/mol. The highest BCUT2D eigenvalue weighted by atomic mass is 32.1. The Labute approximate surface area is 107 Å². The van der Waals surface area contributed by atoms with Crippen molar-refractivity contribution in [1.82, 2.24) is 4.98 Å². The van der Waals surface area contributed by atoms with E-state index in [1.165, 1.54) is 0 Å². The van der Waals surface area contributed by atoms with E-state index in [0.29, 0.717) is 10.7 Å². The molecule has 1 fully saturated rings. The molecule has 1 aromatic rings. The van der Waals surface area contributed by atoms with E-state index >= 15 is 0 Å². The minimum Gasteiger partial charge on any atom is -0.388 e. The second kappa shape index (κ2) is 4.98. The van der Waals surface area contributed by atoms with E-state index in [-0.39, 0.29) is 12.2 Å².